The van der Waals surface area contributed by atoms with E-state index < -0.39 is 0 Å². The van der Waals surface area contributed by atoms with E-state index in [9.17, 15) is 0 Å². The second kappa shape index (κ2) is 19.4. The van der Waals surface area contributed by atoms with Crippen LogP contribution in [0, 0.1) is 22.2 Å². The summed E-state index contributed by atoms with van der Waals surface area (Å²) in [5.74, 6) is 0.173. The van der Waals surface area contributed by atoms with Crippen LogP contribution in [-0.4, -0.2) is 91.6 Å². The van der Waals surface area contributed by atoms with Crippen molar-refractivity contribution in [3.8, 4) is 22.5 Å². The molecule has 51 heavy (non-hydrogen) atoms. The number of aromatic nitrogens is 6. The van der Waals surface area contributed by atoms with Gasteiger partial charge in [-0.2, -0.15) is 4.52 Å². The molecule has 6 heterocycles. The third-order valence-corrected chi connectivity index (χ3v) is 8.76. The Morgan fingerprint density at radius 3 is 1.53 bits per heavy atom. The van der Waals surface area contributed by atoms with Crippen molar-refractivity contribution in [3.05, 3.63) is 118 Å². The summed E-state index contributed by atoms with van der Waals surface area (Å²) in [7, 11) is 0. The van der Waals surface area contributed by atoms with E-state index in [1.54, 1.807) is 4.52 Å². The number of pyridine rings is 2. The number of rotatable bonds is 6. The SMILES string of the molecule is C.Ic1nc2cccc(-c3ccc(CN4CCOCC4)cc3)n2n1.[C-]#N.[C-]#[N+]c1nc2cccc(-c3ccc(CN4CCOCC4)cc3)n2n1.[Cu+]. The van der Waals surface area contributed by atoms with Gasteiger partial charge in [-0.3, -0.25) is 9.80 Å². The monoisotopic (exact) mass is 844 g/mol. The second-order valence-electron chi connectivity index (χ2n) is 11.4. The van der Waals surface area contributed by atoms with Crippen LogP contribution < -0.4 is 0 Å². The maximum Gasteiger partial charge on any atom is 1.00 e. The van der Waals surface area contributed by atoms with Crippen LogP contribution in [0.2, 0.25) is 0 Å². The first-order valence-electron chi connectivity index (χ1n) is 15.9. The normalized spacial score (nSPS) is 14.5. The predicted octanol–water partition coefficient (Wildman–Crippen LogP) is 6.34. The molecule has 0 atom stereocenters. The van der Waals surface area contributed by atoms with Crippen LogP contribution in [-0.2, 0) is 39.6 Å². The van der Waals surface area contributed by atoms with Gasteiger partial charge in [-0.25, -0.2) is 9.50 Å². The van der Waals surface area contributed by atoms with Crippen LogP contribution in [0.1, 0.15) is 18.6 Å². The first-order valence-corrected chi connectivity index (χ1v) is 17.0. The van der Waals surface area contributed by atoms with E-state index in [-0.39, 0.29) is 30.4 Å². The van der Waals surface area contributed by atoms with E-state index in [1.165, 1.54) is 11.1 Å². The summed E-state index contributed by atoms with van der Waals surface area (Å²) in [4.78, 5) is 16.7. The topological polar surface area (TPSA) is 113 Å². The Morgan fingerprint density at radius 2 is 1.08 bits per heavy atom. The summed E-state index contributed by atoms with van der Waals surface area (Å²) in [5, 5.41) is 15.0. The number of morpholine rings is 2. The fourth-order valence-electron chi connectivity index (χ4n) is 5.85. The van der Waals surface area contributed by atoms with E-state index in [0.717, 1.165) is 97.7 Å². The molecule has 266 valence electrons. The largest absolute Gasteiger partial charge is 1.00 e. The fourth-order valence-corrected chi connectivity index (χ4v) is 6.32. The molecule has 12 nitrogen and oxygen atoms in total. The molecule has 4 aromatic heterocycles. The number of hydrogen-bond acceptors (Lipinski definition) is 9. The minimum atomic E-state index is 0. The molecule has 0 unspecified atom stereocenters. The Kier molecular flexibility index (Phi) is 15.0. The van der Waals surface area contributed by atoms with Crippen LogP contribution >= 0.6 is 22.6 Å². The Labute approximate surface area is 322 Å². The summed E-state index contributed by atoms with van der Waals surface area (Å²) < 4.78 is 15.2. The molecule has 0 radical (unpaired) electrons. The van der Waals surface area contributed by atoms with Crippen molar-refractivity contribution >= 4 is 39.8 Å². The molecule has 0 aliphatic carbocycles. The van der Waals surface area contributed by atoms with E-state index in [2.05, 4.69) is 112 Å². The Balaban J connectivity index is 0.000000210. The number of ether oxygens (including phenoxy) is 2. The Bertz CT molecular complexity index is 2050. The molecule has 2 fully saturated rings. The zero-order valence-electron chi connectivity index (χ0n) is 27.1. The van der Waals surface area contributed by atoms with Gasteiger partial charge in [0, 0.05) is 73.0 Å². The van der Waals surface area contributed by atoms with Crippen LogP contribution in [0.3, 0.4) is 0 Å². The Hall–Kier alpha value is -4.25. The van der Waals surface area contributed by atoms with E-state index in [0.29, 0.717) is 5.65 Å². The van der Waals surface area contributed by atoms with Crippen LogP contribution in [0.25, 0.3) is 38.7 Å². The third-order valence-electron chi connectivity index (χ3n) is 8.30. The van der Waals surface area contributed by atoms with Crippen molar-refractivity contribution in [1.82, 2.24) is 39.0 Å². The van der Waals surface area contributed by atoms with Gasteiger partial charge in [0.05, 0.1) is 37.8 Å². The van der Waals surface area contributed by atoms with Gasteiger partial charge in [0.25, 0.3) is 0 Å². The van der Waals surface area contributed by atoms with Crippen molar-refractivity contribution < 1.29 is 26.5 Å². The molecular formula is C37H38CuIN10O2. The number of nitrogens with zero attached hydrogens (tertiary/aromatic N) is 10. The molecule has 0 saturated carbocycles. The maximum absolute atomic E-state index is 7.07. The van der Waals surface area contributed by atoms with Crippen LogP contribution in [0.5, 0.6) is 0 Å². The number of hydrogen-bond donors (Lipinski definition) is 0. The average molecular weight is 845 g/mol. The molecule has 2 aliphatic rings. The molecule has 2 aliphatic heterocycles. The minimum absolute atomic E-state index is 0. The molecule has 0 amide bonds. The summed E-state index contributed by atoms with van der Waals surface area (Å²) in [6.07, 6.45) is 0. The quantitative estimate of drug-likeness (QED) is 0.108. The summed E-state index contributed by atoms with van der Waals surface area (Å²) in [6.45, 7) is 21.1. The van der Waals surface area contributed by atoms with Crippen molar-refractivity contribution in [3.63, 3.8) is 0 Å². The number of benzene rings is 2. The number of fused-ring (bicyclic) bond motifs is 2. The van der Waals surface area contributed by atoms with Gasteiger partial charge in [0.2, 0.25) is 9.48 Å². The van der Waals surface area contributed by atoms with Crippen LogP contribution in [0.4, 0.5) is 5.95 Å². The van der Waals surface area contributed by atoms with Gasteiger partial charge in [-0.15, -0.1) is 16.7 Å². The first kappa shape index (κ1) is 39.5. The zero-order chi connectivity index (χ0) is 34.0. The molecule has 2 saturated heterocycles. The van der Waals surface area contributed by atoms with Gasteiger partial charge < -0.3 is 26.2 Å². The molecule has 0 N–H and O–H groups in total. The molecule has 0 bridgehead atoms. The molecule has 6 aromatic rings. The zero-order valence-corrected chi connectivity index (χ0v) is 30.2. The minimum Gasteiger partial charge on any atom is -0.512 e. The summed E-state index contributed by atoms with van der Waals surface area (Å²) in [6, 6.07) is 29.1. The van der Waals surface area contributed by atoms with E-state index in [4.69, 9.17) is 27.9 Å². The average Bonchev–Trinajstić information content (AvgIpc) is 3.77. The van der Waals surface area contributed by atoms with Crippen molar-refractivity contribution in [2.45, 2.75) is 20.5 Å². The fraction of sp³-hybridized carbons (Fsp3) is 0.297. The first-order chi connectivity index (χ1) is 24.1. The molecule has 8 rings (SSSR count). The van der Waals surface area contributed by atoms with Gasteiger partial charge >= 0.3 is 23.0 Å². The summed E-state index contributed by atoms with van der Waals surface area (Å²) in [5.41, 5.74) is 8.41. The van der Waals surface area contributed by atoms with Gasteiger partial charge in [0.1, 0.15) is 0 Å². The molecule has 0 spiro atoms. The second-order valence-corrected chi connectivity index (χ2v) is 12.4. The summed E-state index contributed by atoms with van der Waals surface area (Å²) >= 11 is 2.15. The van der Waals surface area contributed by atoms with Gasteiger partial charge in [-0.05, 0) is 35.4 Å². The van der Waals surface area contributed by atoms with Crippen molar-refractivity contribution in [1.29, 1.82) is 5.26 Å². The predicted molar refractivity (Wildman–Crippen MR) is 200 cm³/mol. The maximum atomic E-state index is 7.07. The number of halogens is 1. The standard InChI is InChI=1S/C18H17N5O.C17H17IN4O.CN.CH4.Cu/c1-19-18-20-17-4-2-3-16(23(17)21-18)15-7-5-14(6-8-15)13-22-9-11-24-12-10-22;18-17-19-16-3-1-2-15(22(16)20-17)14-6-4-13(5-7-14)12-21-8-10-23-11-9-21;1-2;;/h2-8H,9-13H2;1-7H,8-12H2;;1H4;/q;;-1;;+1. The molecule has 14 heteroatoms. The molecule has 2 aromatic carbocycles. The smallest absolute Gasteiger partial charge is 0.512 e. The van der Waals surface area contributed by atoms with E-state index in [1.807, 2.05) is 34.8 Å². The van der Waals surface area contributed by atoms with Gasteiger partial charge in [-0.1, -0.05) is 73.2 Å². The van der Waals surface area contributed by atoms with Crippen molar-refractivity contribution in [2.75, 3.05) is 52.6 Å². The van der Waals surface area contributed by atoms with Crippen molar-refractivity contribution in [2.24, 2.45) is 0 Å². The van der Waals surface area contributed by atoms with Gasteiger partial charge in [0.15, 0.2) is 5.65 Å². The third kappa shape index (κ3) is 9.96. The van der Waals surface area contributed by atoms with Crippen LogP contribution in [0.15, 0.2) is 84.9 Å². The Morgan fingerprint density at radius 1 is 0.647 bits per heavy atom. The van der Waals surface area contributed by atoms with E-state index >= 15 is 0 Å². The molecular weight excluding hydrogens is 807 g/mol.